The standard InChI is InChI=1S/C13H16N2O4S/c1-13(19-6-10(16)17)7-15(8-13)12(18)9-4-3-5-14-11(9)20-2/h3-5H,6-8H2,1-2H3,(H,16,17). The SMILES string of the molecule is CSc1ncccc1C(=O)N1CC(C)(OCC(=O)O)C1. The van der Waals surface area contributed by atoms with E-state index in [4.69, 9.17) is 9.84 Å². The van der Waals surface area contributed by atoms with Gasteiger partial charge in [0.25, 0.3) is 5.91 Å². The summed E-state index contributed by atoms with van der Waals surface area (Å²) in [5, 5.41) is 9.29. The number of hydrogen-bond acceptors (Lipinski definition) is 5. The number of amides is 1. The van der Waals surface area contributed by atoms with Gasteiger partial charge in [-0.2, -0.15) is 0 Å². The second-order valence-corrected chi connectivity index (χ2v) is 5.65. The molecule has 20 heavy (non-hydrogen) atoms. The zero-order chi connectivity index (χ0) is 14.8. The van der Waals surface area contributed by atoms with Gasteiger partial charge in [0.15, 0.2) is 0 Å². The molecule has 1 amide bonds. The van der Waals surface area contributed by atoms with Gasteiger partial charge in [0.1, 0.15) is 17.2 Å². The Morgan fingerprint density at radius 1 is 1.55 bits per heavy atom. The van der Waals surface area contributed by atoms with Gasteiger partial charge in [-0.25, -0.2) is 9.78 Å². The number of likely N-dealkylation sites (tertiary alicyclic amines) is 1. The first kappa shape index (κ1) is 14.8. The van der Waals surface area contributed by atoms with Crippen molar-refractivity contribution in [3.05, 3.63) is 23.9 Å². The Labute approximate surface area is 121 Å². The van der Waals surface area contributed by atoms with Crippen molar-refractivity contribution in [2.75, 3.05) is 26.0 Å². The van der Waals surface area contributed by atoms with E-state index in [0.29, 0.717) is 23.7 Å². The molecule has 0 unspecified atom stereocenters. The van der Waals surface area contributed by atoms with Crippen LogP contribution in [0.2, 0.25) is 0 Å². The summed E-state index contributed by atoms with van der Waals surface area (Å²) in [6, 6.07) is 3.47. The average molecular weight is 296 g/mol. The fourth-order valence-corrected chi connectivity index (χ4v) is 2.66. The number of ether oxygens (including phenoxy) is 1. The van der Waals surface area contributed by atoms with Gasteiger partial charge in [0, 0.05) is 6.20 Å². The second-order valence-electron chi connectivity index (χ2n) is 4.85. The lowest BCUT2D eigenvalue weighted by Gasteiger charge is -2.47. The number of thioether (sulfide) groups is 1. The largest absolute Gasteiger partial charge is 0.480 e. The molecule has 1 fully saturated rings. The zero-order valence-electron chi connectivity index (χ0n) is 11.3. The molecule has 2 rings (SSSR count). The molecule has 0 atom stereocenters. The number of aliphatic carboxylic acids is 1. The Bertz CT molecular complexity index is 529. The van der Waals surface area contributed by atoms with Gasteiger partial charge < -0.3 is 14.7 Å². The minimum Gasteiger partial charge on any atom is -0.480 e. The highest BCUT2D eigenvalue weighted by atomic mass is 32.2. The molecular weight excluding hydrogens is 280 g/mol. The predicted octanol–water partition coefficient (Wildman–Crippen LogP) is 1.12. The molecule has 1 aliphatic rings. The van der Waals surface area contributed by atoms with Crippen molar-refractivity contribution in [1.82, 2.24) is 9.88 Å². The van der Waals surface area contributed by atoms with E-state index in [9.17, 15) is 9.59 Å². The fraction of sp³-hybridized carbons (Fsp3) is 0.462. The molecule has 1 aromatic rings. The van der Waals surface area contributed by atoms with Gasteiger partial charge in [-0.15, -0.1) is 11.8 Å². The van der Waals surface area contributed by atoms with Crippen molar-refractivity contribution in [3.8, 4) is 0 Å². The van der Waals surface area contributed by atoms with Gasteiger partial charge in [-0.3, -0.25) is 4.79 Å². The first-order valence-corrected chi connectivity index (χ1v) is 7.32. The van der Waals surface area contributed by atoms with E-state index < -0.39 is 11.6 Å². The minimum absolute atomic E-state index is 0.0983. The summed E-state index contributed by atoms with van der Waals surface area (Å²) >= 11 is 1.42. The van der Waals surface area contributed by atoms with Crippen LogP contribution in [0, 0.1) is 0 Å². The maximum Gasteiger partial charge on any atom is 0.329 e. The predicted molar refractivity (Wildman–Crippen MR) is 73.9 cm³/mol. The first-order chi connectivity index (χ1) is 9.45. The van der Waals surface area contributed by atoms with Crippen molar-refractivity contribution in [3.63, 3.8) is 0 Å². The highest BCUT2D eigenvalue weighted by Gasteiger charge is 2.43. The Balaban J connectivity index is 1.98. The Morgan fingerprint density at radius 2 is 2.25 bits per heavy atom. The van der Waals surface area contributed by atoms with Gasteiger partial charge in [0.05, 0.1) is 18.7 Å². The Morgan fingerprint density at radius 3 is 2.85 bits per heavy atom. The summed E-state index contributed by atoms with van der Waals surface area (Å²) in [4.78, 5) is 28.6. The van der Waals surface area contributed by atoms with Crippen LogP contribution in [0.1, 0.15) is 17.3 Å². The topological polar surface area (TPSA) is 79.7 Å². The van der Waals surface area contributed by atoms with Crippen LogP contribution in [0.3, 0.4) is 0 Å². The molecule has 1 aromatic heterocycles. The van der Waals surface area contributed by atoms with Crippen LogP contribution in [-0.2, 0) is 9.53 Å². The number of carboxylic acid groups (broad SMARTS) is 1. The van der Waals surface area contributed by atoms with Crippen LogP contribution >= 0.6 is 11.8 Å². The number of rotatable bonds is 5. The summed E-state index contributed by atoms with van der Waals surface area (Å²) in [5.41, 5.74) is -0.00392. The third kappa shape index (κ3) is 3.10. The van der Waals surface area contributed by atoms with Gasteiger partial charge >= 0.3 is 5.97 Å². The molecule has 108 valence electrons. The zero-order valence-corrected chi connectivity index (χ0v) is 12.1. The van der Waals surface area contributed by atoms with E-state index in [0.717, 1.165) is 0 Å². The van der Waals surface area contributed by atoms with E-state index >= 15 is 0 Å². The quantitative estimate of drug-likeness (QED) is 0.820. The lowest BCUT2D eigenvalue weighted by Crippen LogP contribution is -2.63. The van der Waals surface area contributed by atoms with E-state index in [1.807, 2.05) is 6.26 Å². The maximum absolute atomic E-state index is 12.3. The average Bonchev–Trinajstić information content (AvgIpc) is 2.41. The first-order valence-electron chi connectivity index (χ1n) is 6.09. The minimum atomic E-state index is -1.01. The van der Waals surface area contributed by atoms with Crippen LogP contribution in [0.15, 0.2) is 23.4 Å². The Kier molecular flexibility index (Phi) is 4.29. The van der Waals surface area contributed by atoms with Crippen LogP contribution in [0.25, 0.3) is 0 Å². The molecule has 1 saturated heterocycles. The molecule has 0 aliphatic carbocycles. The van der Waals surface area contributed by atoms with Gasteiger partial charge in [-0.05, 0) is 25.3 Å². The van der Waals surface area contributed by atoms with E-state index in [1.54, 1.807) is 30.2 Å². The number of aromatic nitrogens is 1. The number of nitrogens with zero attached hydrogens (tertiary/aromatic N) is 2. The number of pyridine rings is 1. The molecule has 2 heterocycles. The van der Waals surface area contributed by atoms with Crippen LogP contribution in [0.5, 0.6) is 0 Å². The summed E-state index contributed by atoms with van der Waals surface area (Å²) in [6.45, 7) is 2.24. The molecule has 1 aliphatic heterocycles. The monoisotopic (exact) mass is 296 g/mol. The third-order valence-electron chi connectivity index (χ3n) is 3.08. The summed E-state index contributed by atoms with van der Waals surface area (Å²) in [7, 11) is 0. The lowest BCUT2D eigenvalue weighted by molar-refractivity contribution is -0.159. The van der Waals surface area contributed by atoms with Crippen molar-refractivity contribution in [2.24, 2.45) is 0 Å². The number of hydrogen-bond donors (Lipinski definition) is 1. The summed E-state index contributed by atoms with van der Waals surface area (Å²) in [6.07, 6.45) is 3.52. The second kappa shape index (κ2) is 5.80. The fourth-order valence-electron chi connectivity index (χ4n) is 2.12. The van der Waals surface area contributed by atoms with Gasteiger partial charge in [0.2, 0.25) is 0 Å². The Hall–Kier alpha value is -1.60. The van der Waals surface area contributed by atoms with Crippen LogP contribution in [0.4, 0.5) is 0 Å². The maximum atomic E-state index is 12.3. The molecule has 1 N–H and O–H groups in total. The highest BCUT2D eigenvalue weighted by molar-refractivity contribution is 7.98. The molecule has 0 saturated carbocycles. The van der Waals surface area contributed by atoms with Crippen LogP contribution < -0.4 is 0 Å². The molecule has 0 radical (unpaired) electrons. The van der Waals surface area contributed by atoms with Crippen molar-refractivity contribution in [1.29, 1.82) is 0 Å². The van der Waals surface area contributed by atoms with Crippen molar-refractivity contribution >= 4 is 23.6 Å². The third-order valence-corrected chi connectivity index (χ3v) is 3.79. The molecule has 6 nitrogen and oxygen atoms in total. The van der Waals surface area contributed by atoms with Crippen molar-refractivity contribution < 1.29 is 19.4 Å². The van der Waals surface area contributed by atoms with Gasteiger partial charge in [-0.1, -0.05) is 0 Å². The molecule has 7 heteroatoms. The van der Waals surface area contributed by atoms with Crippen LogP contribution in [-0.4, -0.2) is 58.4 Å². The normalized spacial score (nSPS) is 16.6. The molecule has 0 spiro atoms. The van der Waals surface area contributed by atoms with E-state index in [-0.39, 0.29) is 12.5 Å². The summed E-state index contributed by atoms with van der Waals surface area (Å²) in [5.74, 6) is -1.10. The summed E-state index contributed by atoms with van der Waals surface area (Å²) < 4.78 is 5.29. The molecular formula is C13H16N2O4S. The van der Waals surface area contributed by atoms with Crippen molar-refractivity contribution in [2.45, 2.75) is 17.6 Å². The number of carbonyl (C=O) groups excluding carboxylic acids is 1. The van der Waals surface area contributed by atoms with E-state index in [1.165, 1.54) is 11.8 Å². The number of carbonyl (C=O) groups is 2. The highest BCUT2D eigenvalue weighted by Crippen LogP contribution is 2.28. The molecule has 0 aromatic carbocycles. The van der Waals surface area contributed by atoms with E-state index in [2.05, 4.69) is 4.98 Å². The smallest absolute Gasteiger partial charge is 0.329 e. The molecule has 0 bridgehead atoms. The lowest BCUT2D eigenvalue weighted by atomic mass is 9.95. The number of carboxylic acids is 1.